The van der Waals surface area contributed by atoms with E-state index in [1.54, 1.807) is 6.92 Å². The van der Waals surface area contributed by atoms with Gasteiger partial charge in [-0.1, -0.05) is 36.4 Å². The molecule has 1 aliphatic heterocycles. The van der Waals surface area contributed by atoms with Crippen LogP contribution in [-0.2, 0) is 17.8 Å². The van der Waals surface area contributed by atoms with Crippen LogP contribution in [0.2, 0.25) is 0 Å². The number of amides is 1. The minimum Gasteiger partial charge on any atom is -0.493 e. The number of allylic oxidation sites excluding steroid dienone is 1. The van der Waals surface area contributed by atoms with Crippen molar-refractivity contribution >= 4 is 16.9 Å². The molecule has 2 heterocycles. The molecule has 0 N–H and O–H groups in total. The van der Waals surface area contributed by atoms with Gasteiger partial charge in [0.05, 0.1) is 23.7 Å². The Hall–Kier alpha value is -3.08. The highest BCUT2D eigenvalue weighted by molar-refractivity contribution is 5.77. The van der Waals surface area contributed by atoms with Gasteiger partial charge in [0.25, 0.3) is 0 Å². The summed E-state index contributed by atoms with van der Waals surface area (Å²) in [6.45, 7) is 7.73. The summed E-state index contributed by atoms with van der Waals surface area (Å²) in [5, 5.41) is 0. The van der Waals surface area contributed by atoms with Crippen molar-refractivity contribution < 1.29 is 9.53 Å². The first-order chi connectivity index (χ1) is 14.7. The molecule has 0 bridgehead atoms. The van der Waals surface area contributed by atoms with Gasteiger partial charge in [-0.3, -0.25) is 4.79 Å². The maximum absolute atomic E-state index is 12.1. The normalized spacial score (nSPS) is 16.2. The summed E-state index contributed by atoms with van der Waals surface area (Å²) >= 11 is 0. The van der Waals surface area contributed by atoms with Crippen molar-refractivity contribution in [3.05, 3.63) is 72.6 Å². The van der Waals surface area contributed by atoms with Gasteiger partial charge >= 0.3 is 0 Å². The molecule has 1 fully saturated rings. The molecule has 4 rings (SSSR count). The number of hydrogen-bond acceptors (Lipinski definition) is 3. The first-order valence-corrected chi connectivity index (χ1v) is 10.7. The molecule has 1 saturated heterocycles. The van der Waals surface area contributed by atoms with E-state index < -0.39 is 0 Å². The first kappa shape index (κ1) is 20.2. The standard InChI is InChI=1S/C25H29N3O2/c1-3-10-20-11-4-7-15-24(20)30-18-9-17-28-22-13-6-5-12-21(22)26-25(28)23-14-8-16-27(23)19(2)29/h3-7,11-13,15,23H,1,8-10,14,16-18H2,2H3/t23-/m0/s1. The third-order valence-corrected chi connectivity index (χ3v) is 5.76. The molecular weight excluding hydrogens is 374 g/mol. The highest BCUT2D eigenvalue weighted by Crippen LogP contribution is 2.33. The molecule has 0 aliphatic carbocycles. The lowest BCUT2D eigenvalue weighted by Gasteiger charge is -2.24. The maximum Gasteiger partial charge on any atom is 0.220 e. The van der Waals surface area contributed by atoms with Crippen LogP contribution in [0.4, 0.5) is 0 Å². The Morgan fingerprint density at radius 1 is 1.23 bits per heavy atom. The second-order valence-corrected chi connectivity index (χ2v) is 7.78. The van der Waals surface area contributed by atoms with Crippen LogP contribution in [0.15, 0.2) is 61.2 Å². The number of carbonyl (C=O) groups excluding carboxylic acids is 1. The van der Waals surface area contributed by atoms with Crippen LogP contribution >= 0.6 is 0 Å². The number of benzene rings is 2. The summed E-state index contributed by atoms with van der Waals surface area (Å²) in [7, 11) is 0. The highest BCUT2D eigenvalue weighted by atomic mass is 16.5. The molecule has 0 radical (unpaired) electrons. The van der Waals surface area contributed by atoms with Gasteiger partial charge in [-0.2, -0.15) is 0 Å². The van der Waals surface area contributed by atoms with Gasteiger partial charge in [0, 0.05) is 20.0 Å². The number of aromatic nitrogens is 2. The van der Waals surface area contributed by atoms with Gasteiger partial charge < -0.3 is 14.2 Å². The van der Waals surface area contributed by atoms with Crippen LogP contribution in [-0.4, -0.2) is 33.5 Å². The number of likely N-dealkylation sites (tertiary alicyclic amines) is 1. The summed E-state index contributed by atoms with van der Waals surface area (Å²) in [4.78, 5) is 19.0. The van der Waals surface area contributed by atoms with Crippen molar-refractivity contribution in [2.45, 2.75) is 45.2 Å². The quantitative estimate of drug-likeness (QED) is 0.396. The molecule has 1 amide bonds. The molecule has 0 saturated carbocycles. The summed E-state index contributed by atoms with van der Waals surface area (Å²) in [5.74, 6) is 2.04. The minimum atomic E-state index is 0.0594. The average Bonchev–Trinajstić information content (AvgIpc) is 3.37. The number of para-hydroxylation sites is 3. The van der Waals surface area contributed by atoms with Gasteiger partial charge in [-0.05, 0) is 49.4 Å². The SMILES string of the molecule is C=CCc1ccccc1OCCCn1c([C@@H]2CCCN2C(C)=O)nc2ccccc21. The number of imidazole rings is 1. The number of hydrogen-bond donors (Lipinski definition) is 0. The van der Waals surface area contributed by atoms with E-state index in [-0.39, 0.29) is 11.9 Å². The third kappa shape index (κ3) is 4.11. The second kappa shape index (κ2) is 9.16. The third-order valence-electron chi connectivity index (χ3n) is 5.76. The van der Waals surface area contributed by atoms with E-state index in [2.05, 4.69) is 23.3 Å². The Morgan fingerprint density at radius 3 is 2.87 bits per heavy atom. The Labute approximate surface area is 178 Å². The van der Waals surface area contributed by atoms with Crippen LogP contribution in [0.3, 0.4) is 0 Å². The average molecular weight is 404 g/mol. The zero-order chi connectivity index (χ0) is 20.9. The molecule has 1 aromatic heterocycles. The Morgan fingerprint density at radius 2 is 2.03 bits per heavy atom. The molecule has 1 aliphatic rings. The second-order valence-electron chi connectivity index (χ2n) is 7.78. The molecular formula is C25H29N3O2. The summed E-state index contributed by atoms with van der Waals surface area (Å²) in [5.41, 5.74) is 3.26. The van der Waals surface area contributed by atoms with E-state index in [0.717, 1.165) is 66.9 Å². The smallest absolute Gasteiger partial charge is 0.220 e. The zero-order valence-corrected chi connectivity index (χ0v) is 17.6. The van der Waals surface area contributed by atoms with Gasteiger partial charge in [-0.25, -0.2) is 4.98 Å². The first-order valence-electron chi connectivity index (χ1n) is 10.7. The van der Waals surface area contributed by atoms with Gasteiger partial charge in [0.1, 0.15) is 11.6 Å². The lowest BCUT2D eigenvalue weighted by atomic mass is 10.1. The van der Waals surface area contributed by atoms with Crippen molar-refractivity contribution in [2.24, 2.45) is 0 Å². The van der Waals surface area contributed by atoms with E-state index >= 15 is 0 Å². The molecule has 2 aromatic carbocycles. The molecule has 3 aromatic rings. The Balaban J connectivity index is 1.51. The summed E-state index contributed by atoms with van der Waals surface area (Å²) in [6, 6.07) is 16.4. The monoisotopic (exact) mass is 403 g/mol. The Bertz CT molecular complexity index is 1040. The van der Waals surface area contributed by atoms with Crippen molar-refractivity contribution in [2.75, 3.05) is 13.2 Å². The van der Waals surface area contributed by atoms with Crippen molar-refractivity contribution in [1.29, 1.82) is 0 Å². The van der Waals surface area contributed by atoms with Crippen molar-refractivity contribution in [1.82, 2.24) is 14.5 Å². The molecule has 156 valence electrons. The van der Waals surface area contributed by atoms with E-state index in [1.807, 2.05) is 47.4 Å². The topological polar surface area (TPSA) is 47.4 Å². The van der Waals surface area contributed by atoms with E-state index in [1.165, 1.54) is 0 Å². The highest BCUT2D eigenvalue weighted by Gasteiger charge is 2.32. The largest absolute Gasteiger partial charge is 0.493 e. The predicted molar refractivity (Wildman–Crippen MR) is 120 cm³/mol. The fourth-order valence-electron chi connectivity index (χ4n) is 4.37. The molecule has 5 heteroatoms. The number of carbonyl (C=O) groups is 1. The van der Waals surface area contributed by atoms with Crippen LogP contribution in [0.25, 0.3) is 11.0 Å². The predicted octanol–water partition coefficient (Wildman–Crippen LogP) is 4.92. The summed E-state index contributed by atoms with van der Waals surface area (Å²) in [6.07, 6.45) is 5.55. The molecule has 30 heavy (non-hydrogen) atoms. The molecule has 5 nitrogen and oxygen atoms in total. The summed E-state index contributed by atoms with van der Waals surface area (Å²) < 4.78 is 8.36. The van der Waals surface area contributed by atoms with Crippen LogP contribution < -0.4 is 4.74 Å². The number of aryl methyl sites for hydroxylation is 1. The van der Waals surface area contributed by atoms with Crippen LogP contribution in [0.5, 0.6) is 5.75 Å². The van der Waals surface area contributed by atoms with Gasteiger partial charge in [0.2, 0.25) is 5.91 Å². The van der Waals surface area contributed by atoms with Crippen molar-refractivity contribution in [3.63, 3.8) is 0 Å². The Kier molecular flexibility index (Phi) is 6.17. The zero-order valence-electron chi connectivity index (χ0n) is 17.6. The molecule has 1 atom stereocenters. The maximum atomic E-state index is 12.1. The van der Waals surface area contributed by atoms with E-state index in [9.17, 15) is 4.79 Å². The molecule has 0 unspecified atom stereocenters. The van der Waals surface area contributed by atoms with Crippen LogP contribution in [0, 0.1) is 0 Å². The fourth-order valence-corrected chi connectivity index (χ4v) is 4.37. The fraction of sp³-hybridized carbons (Fsp3) is 0.360. The van der Waals surface area contributed by atoms with Gasteiger partial charge in [-0.15, -0.1) is 6.58 Å². The van der Waals surface area contributed by atoms with Crippen LogP contribution in [0.1, 0.15) is 43.6 Å². The minimum absolute atomic E-state index is 0.0594. The number of nitrogens with zero attached hydrogens (tertiary/aromatic N) is 3. The number of rotatable bonds is 8. The van der Waals surface area contributed by atoms with E-state index in [0.29, 0.717) is 6.61 Å². The lowest BCUT2D eigenvalue weighted by molar-refractivity contribution is -0.129. The van der Waals surface area contributed by atoms with E-state index in [4.69, 9.17) is 9.72 Å². The lowest BCUT2D eigenvalue weighted by Crippen LogP contribution is -2.30. The van der Waals surface area contributed by atoms with Crippen molar-refractivity contribution in [3.8, 4) is 5.75 Å². The van der Waals surface area contributed by atoms with Gasteiger partial charge in [0.15, 0.2) is 0 Å². The molecule has 0 spiro atoms. The number of ether oxygens (including phenoxy) is 1. The number of fused-ring (bicyclic) bond motifs is 1.